The maximum absolute atomic E-state index is 12.4. The minimum absolute atomic E-state index is 0.348. The fourth-order valence-corrected chi connectivity index (χ4v) is 4.56. The van der Waals surface area contributed by atoms with Crippen molar-refractivity contribution in [1.29, 1.82) is 0 Å². The van der Waals surface area contributed by atoms with E-state index < -0.39 is 10.0 Å². The van der Waals surface area contributed by atoms with E-state index in [-0.39, 0.29) is 0 Å². The van der Waals surface area contributed by atoms with Crippen molar-refractivity contribution in [1.82, 2.24) is 19.4 Å². The van der Waals surface area contributed by atoms with Crippen molar-refractivity contribution in [2.24, 2.45) is 13.0 Å². The van der Waals surface area contributed by atoms with E-state index in [4.69, 9.17) is 0 Å². The molecule has 0 spiro atoms. The Balaban J connectivity index is 1.53. The summed E-state index contributed by atoms with van der Waals surface area (Å²) >= 11 is 0. The lowest BCUT2D eigenvalue weighted by Gasteiger charge is -2.16. The normalized spacial score (nSPS) is 19.0. The summed E-state index contributed by atoms with van der Waals surface area (Å²) in [6.45, 7) is 5.08. The van der Waals surface area contributed by atoms with Crippen LogP contribution in [0.3, 0.4) is 0 Å². The third kappa shape index (κ3) is 4.03. The number of benzene rings is 1. The molecule has 1 aromatic carbocycles. The molecule has 7 heteroatoms. The standard InChI is InChI=1S/C17H24N4O2S/c1-14-5-3-4-6-17(14)24(22,23)19-10-15-7-8-21(12-15)13-16-9-18-20(2)11-16/h3-6,9,11,15,19H,7-8,10,12-13H2,1-2H3/t15-/m1/s1. The van der Waals surface area contributed by atoms with Gasteiger partial charge in [0.15, 0.2) is 0 Å². The molecule has 1 saturated heterocycles. The Labute approximate surface area is 143 Å². The summed E-state index contributed by atoms with van der Waals surface area (Å²) < 4.78 is 29.5. The Hall–Kier alpha value is -1.70. The smallest absolute Gasteiger partial charge is 0.240 e. The van der Waals surface area contributed by atoms with Crippen molar-refractivity contribution in [2.45, 2.75) is 24.8 Å². The second kappa shape index (κ2) is 7.04. The van der Waals surface area contributed by atoms with Gasteiger partial charge in [0.25, 0.3) is 0 Å². The van der Waals surface area contributed by atoms with Gasteiger partial charge in [-0.3, -0.25) is 9.58 Å². The summed E-state index contributed by atoms with van der Waals surface area (Å²) in [6, 6.07) is 7.08. The predicted octanol–water partition coefficient (Wildman–Crippen LogP) is 1.53. The molecule has 0 radical (unpaired) electrons. The van der Waals surface area contributed by atoms with Crippen LogP contribution in [-0.2, 0) is 23.6 Å². The van der Waals surface area contributed by atoms with Crippen molar-refractivity contribution < 1.29 is 8.42 Å². The van der Waals surface area contributed by atoms with Crippen LogP contribution < -0.4 is 4.72 Å². The Morgan fingerprint density at radius 3 is 2.83 bits per heavy atom. The lowest BCUT2D eigenvalue weighted by Crippen LogP contribution is -2.31. The van der Waals surface area contributed by atoms with Crippen LogP contribution in [0.25, 0.3) is 0 Å². The van der Waals surface area contributed by atoms with Crippen LogP contribution in [0, 0.1) is 12.8 Å². The monoisotopic (exact) mass is 348 g/mol. The highest BCUT2D eigenvalue weighted by Gasteiger charge is 2.25. The highest BCUT2D eigenvalue weighted by atomic mass is 32.2. The summed E-state index contributed by atoms with van der Waals surface area (Å²) in [4.78, 5) is 2.72. The molecule has 130 valence electrons. The summed E-state index contributed by atoms with van der Waals surface area (Å²) in [7, 11) is -1.52. The molecule has 0 amide bonds. The summed E-state index contributed by atoms with van der Waals surface area (Å²) in [5.74, 6) is 0.348. The number of aryl methyl sites for hydroxylation is 2. The van der Waals surface area contributed by atoms with Gasteiger partial charge in [-0.25, -0.2) is 13.1 Å². The molecule has 1 atom stereocenters. The third-order valence-corrected chi connectivity index (χ3v) is 6.06. The molecule has 1 aliphatic rings. The van der Waals surface area contributed by atoms with Crippen LogP contribution in [0.5, 0.6) is 0 Å². The number of sulfonamides is 1. The molecule has 6 nitrogen and oxygen atoms in total. The van der Waals surface area contributed by atoms with E-state index in [1.54, 1.807) is 16.8 Å². The maximum atomic E-state index is 12.4. The maximum Gasteiger partial charge on any atom is 0.240 e. The van der Waals surface area contributed by atoms with E-state index in [2.05, 4.69) is 14.7 Å². The average molecular weight is 348 g/mol. The van der Waals surface area contributed by atoms with Crippen molar-refractivity contribution >= 4 is 10.0 Å². The predicted molar refractivity (Wildman–Crippen MR) is 93.0 cm³/mol. The highest BCUT2D eigenvalue weighted by Crippen LogP contribution is 2.19. The molecular formula is C17H24N4O2S. The van der Waals surface area contributed by atoms with Gasteiger partial charge in [0.1, 0.15) is 0 Å². The van der Waals surface area contributed by atoms with Gasteiger partial charge in [-0.2, -0.15) is 5.10 Å². The SMILES string of the molecule is Cc1ccccc1S(=O)(=O)NC[C@H]1CCN(Cc2cnn(C)c2)C1. The van der Waals surface area contributed by atoms with E-state index in [1.165, 1.54) is 5.56 Å². The molecule has 1 aromatic heterocycles. The molecule has 1 N–H and O–H groups in total. The molecule has 3 rings (SSSR count). The molecule has 1 aliphatic heterocycles. The lowest BCUT2D eigenvalue weighted by molar-refractivity contribution is 0.316. The second-order valence-electron chi connectivity index (χ2n) is 6.53. The van der Waals surface area contributed by atoms with Crippen LogP contribution in [0.1, 0.15) is 17.5 Å². The molecule has 0 bridgehead atoms. The fourth-order valence-electron chi connectivity index (χ4n) is 3.20. The van der Waals surface area contributed by atoms with E-state index in [1.807, 2.05) is 38.5 Å². The first kappa shape index (κ1) is 17.1. The lowest BCUT2D eigenvalue weighted by atomic mass is 10.1. The third-order valence-electron chi connectivity index (χ3n) is 4.48. The Kier molecular flexibility index (Phi) is 5.03. The van der Waals surface area contributed by atoms with Crippen LogP contribution >= 0.6 is 0 Å². The molecule has 2 heterocycles. The van der Waals surface area contributed by atoms with Crippen LogP contribution in [-0.4, -0.2) is 42.7 Å². The molecule has 0 aliphatic carbocycles. The van der Waals surface area contributed by atoms with E-state index in [9.17, 15) is 8.42 Å². The molecule has 2 aromatic rings. The number of nitrogens with zero attached hydrogens (tertiary/aromatic N) is 3. The van der Waals surface area contributed by atoms with Gasteiger partial charge >= 0.3 is 0 Å². The largest absolute Gasteiger partial charge is 0.299 e. The number of hydrogen-bond acceptors (Lipinski definition) is 4. The molecule has 0 unspecified atom stereocenters. The van der Waals surface area contributed by atoms with E-state index >= 15 is 0 Å². The van der Waals surface area contributed by atoms with Crippen LogP contribution in [0.2, 0.25) is 0 Å². The fraction of sp³-hybridized carbons (Fsp3) is 0.471. The topological polar surface area (TPSA) is 67.2 Å². The van der Waals surface area contributed by atoms with Gasteiger partial charge in [0.05, 0.1) is 11.1 Å². The Morgan fingerprint density at radius 2 is 2.12 bits per heavy atom. The van der Waals surface area contributed by atoms with Gasteiger partial charge in [0.2, 0.25) is 10.0 Å². The van der Waals surface area contributed by atoms with Gasteiger partial charge in [-0.05, 0) is 37.4 Å². The number of rotatable bonds is 6. The Morgan fingerprint density at radius 1 is 1.33 bits per heavy atom. The number of aromatic nitrogens is 2. The van der Waals surface area contributed by atoms with Crippen molar-refractivity contribution in [3.05, 3.63) is 47.8 Å². The zero-order chi connectivity index (χ0) is 17.2. The van der Waals surface area contributed by atoms with Gasteiger partial charge in [0, 0.05) is 38.4 Å². The Bertz CT molecular complexity index is 800. The number of nitrogens with one attached hydrogen (secondary N) is 1. The van der Waals surface area contributed by atoms with Crippen LogP contribution in [0.15, 0.2) is 41.6 Å². The van der Waals surface area contributed by atoms with Gasteiger partial charge in [-0.1, -0.05) is 18.2 Å². The molecular weight excluding hydrogens is 324 g/mol. The van der Waals surface area contributed by atoms with Crippen molar-refractivity contribution in [3.63, 3.8) is 0 Å². The first-order valence-corrected chi connectivity index (χ1v) is 9.67. The van der Waals surface area contributed by atoms with Crippen LogP contribution in [0.4, 0.5) is 0 Å². The minimum Gasteiger partial charge on any atom is -0.299 e. The van der Waals surface area contributed by atoms with E-state index in [0.29, 0.717) is 17.4 Å². The van der Waals surface area contributed by atoms with Crippen molar-refractivity contribution in [2.75, 3.05) is 19.6 Å². The summed E-state index contributed by atoms with van der Waals surface area (Å²) in [6.07, 6.45) is 4.92. The molecule has 24 heavy (non-hydrogen) atoms. The zero-order valence-corrected chi connectivity index (χ0v) is 15.0. The number of likely N-dealkylation sites (tertiary alicyclic amines) is 1. The molecule has 0 saturated carbocycles. The minimum atomic E-state index is -3.43. The van der Waals surface area contributed by atoms with Gasteiger partial charge < -0.3 is 0 Å². The first-order valence-electron chi connectivity index (χ1n) is 8.19. The summed E-state index contributed by atoms with van der Waals surface area (Å²) in [5.41, 5.74) is 1.97. The summed E-state index contributed by atoms with van der Waals surface area (Å²) in [5, 5.41) is 4.19. The molecule has 1 fully saturated rings. The van der Waals surface area contributed by atoms with Gasteiger partial charge in [-0.15, -0.1) is 0 Å². The first-order chi connectivity index (χ1) is 11.4. The van der Waals surface area contributed by atoms with E-state index in [0.717, 1.165) is 31.6 Å². The highest BCUT2D eigenvalue weighted by molar-refractivity contribution is 7.89. The second-order valence-corrected chi connectivity index (χ2v) is 8.26. The zero-order valence-electron chi connectivity index (χ0n) is 14.1. The van der Waals surface area contributed by atoms with Crippen molar-refractivity contribution in [3.8, 4) is 0 Å². The average Bonchev–Trinajstić information content (AvgIpc) is 3.15. The number of hydrogen-bond donors (Lipinski definition) is 1. The quantitative estimate of drug-likeness (QED) is 0.860.